The summed E-state index contributed by atoms with van der Waals surface area (Å²) < 4.78 is 16.4. The summed E-state index contributed by atoms with van der Waals surface area (Å²) >= 11 is 0. The van der Waals surface area contributed by atoms with Crippen molar-refractivity contribution in [2.45, 2.75) is 52.4 Å². The zero-order valence-corrected chi connectivity index (χ0v) is 25.2. The predicted octanol–water partition coefficient (Wildman–Crippen LogP) is 5.65. The molecule has 0 aliphatic heterocycles. The van der Waals surface area contributed by atoms with E-state index in [-0.39, 0.29) is 24.6 Å². The third-order valence-electron chi connectivity index (χ3n) is 6.19. The molecule has 2 N–H and O–H groups in total. The molecule has 0 aliphatic carbocycles. The number of carbonyl (C=O) groups is 3. The highest BCUT2D eigenvalue weighted by Gasteiger charge is 2.25. The van der Waals surface area contributed by atoms with Crippen LogP contribution in [0.25, 0.3) is 11.1 Å². The Balaban J connectivity index is 1.57. The topological polar surface area (TPSA) is 129 Å². The zero-order valence-electron chi connectivity index (χ0n) is 25.2. The number of nitrogens with one attached hydrogen (secondary N) is 2. The number of anilines is 1. The highest BCUT2D eigenvalue weighted by Crippen LogP contribution is 2.29. The van der Waals surface area contributed by atoms with Crippen molar-refractivity contribution >= 4 is 23.7 Å². The van der Waals surface area contributed by atoms with Crippen molar-refractivity contribution in [3.63, 3.8) is 0 Å². The summed E-state index contributed by atoms with van der Waals surface area (Å²) in [4.78, 5) is 47.5. The van der Waals surface area contributed by atoms with Crippen molar-refractivity contribution in [2.75, 3.05) is 11.9 Å². The molecule has 0 saturated heterocycles. The molecular formula is C34H36N4O6. The molecule has 0 spiro atoms. The Bertz CT molecular complexity index is 1570. The van der Waals surface area contributed by atoms with Gasteiger partial charge < -0.3 is 24.8 Å². The molecular weight excluding hydrogens is 560 g/mol. The molecule has 2 heterocycles. The smallest absolute Gasteiger partial charge is 0.408 e. The van der Waals surface area contributed by atoms with Gasteiger partial charge in [-0.2, -0.15) is 0 Å². The van der Waals surface area contributed by atoms with E-state index >= 15 is 0 Å². The Morgan fingerprint density at radius 3 is 2.20 bits per heavy atom. The van der Waals surface area contributed by atoms with Gasteiger partial charge in [0.2, 0.25) is 11.8 Å². The maximum atomic E-state index is 13.7. The van der Waals surface area contributed by atoms with Crippen LogP contribution >= 0.6 is 0 Å². The Hall–Kier alpha value is -5.25. The summed E-state index contributed by atoms with van der Waals surface area (Å²) in [6.07, 6.45) is 2.70. The molecule has 0 aliphatic rings. The van der Waals surface area contributed by atoms with E-state index in [1.165, 1.54) is 0 Å². The van der Waals surface area contributed by atoms with Gasteiger partial charge in [-0.3, -0.25) is 9.78 Å². The molecule has 4 rings (SSSR count). The van der Waals surface area contributed by atoms with Gasteiger partial charge in [0.05, 0.1) is 0 Å². The van der Waals surface area contributed by atoms with E-state index in [0.717, 1.165) is 22.4 Å². The van der Waals surface area contributed by atoms with E-state index < -0.39 is 36.2 Å². The minimum Gasteiger partial charge on any atom is -0.464 e. The summed E-state index contributed by atoms with van der Waals surface area (Å²) in [5, 5.41) is 5.53. The van der Waals surface area contributed by atoms with Crippen molar-refractivity contribution in [1.29, 1.82) is 0 Å². The molecule has 2 amide bonds. The fourth-order valence-corrected chi connectivity index (χ4v) is 4.22. The lowest BCUT2D eigenvalue weighted by Crippen LogP contribution is -2.45. The molecule has 228 valence electrons. The molecule has 0 fully saturated rings. The molecule has 4 aromatic rings. The van der Waals surface area contributed by atoms with E-state index in [9.17, 15) is 14.4 Å². The Kier molecular flexibility index (Phi) is 10.6. The number of esters is 1. The highest BCUT2D eigenvalue weighted by molar-refractivity contribution is 5.98. The quantitative estimate of drug-likeness (QED) is 0.213. The van der Waals surface area contributed by atoms with Gasteiger partial charge in [0.25, 0.3) is 0 Å². The summed E-state index contributed by atoms with van der Waals surface area (Å²) in [7, 11) is 0. The molecule has 0 radical (unpaired) electrons. The number of hydrogen-bond donors (Lipinski definition) is 2. The van der Waals surface area contributed by atoms with Gasteiger partial charge >= 0.3 is 12.1 Å². The lowest BCUT2D eigenvalue weighted by atomic mass is 10.0. The third-order valence-corrected chi connectivity index (χ3v) is 6.19. The van der Waals surface area contributed by atoms with Gasteiger partial charge in [0.1, 0.15) is 23.9 Å². The first-order valence-corrected chi connectivity index (χ1v) is 14.2. The number of carbonyl (C=O) groups excluding carboxylic acids is 3. The summed E-state index contributed by atoms with van der Waals surface area (Å²) in [5.41, 5.74) is 3.47. The first kappa shape index (κ1) is 31.7. The average molecular weight is 597 g/mol. The van der Waals surface area contributed by atoms with Crippen LogP contribution in [0.5, 0.6) is 5.88 Å². The van der Waals surface area contributed by atoms with Gasteiger partial charge in [-0.1, -0.05) is 60.7 Å². The van der Waals surface area contributed by atoms with E-state index in [1.54, 1.807) is 39.2 Å². The third kappa shape index (κ3) is 9.94. The van der Waals surface area contributed by atoms with Crippen LogP contribution in [0.2, 0.25) is 0 Å². The number of rotatable bonds is 11. The van der Waals surface area contributed by atoms with Crippen molar-refractivity contribution in [1.82, 2.24) is 15.3 Å². The van der Waals surface area contributed by atoms with Gasteiger partial charge in [0.15, 0.2) is 6.61 Å². The van der Waals surface area contributed by atoms with Crippen LogP contribution in [0.3, 0.4) is 0 Å². The SMILES string of the molecule is Cc1cc(-c2cnc(OCC(=O)OC(C)(C)C)c(NC(=O)[C@H](Cc3ccccc3)NC(=O)OCc3ccccc3)c2)ccn1. The first-order chi connectivity index (χ1) is 21.1. The lowest BCUT2D eigenvalue weighted by molar-refractivity contribution is -0.157. The number of aromatic nitrogens is 2. The van der Waals surface area contributed by atoms with Crippen LogP contribution in [-0.2, 0) is 32.1 Å². The van der Waals surface area contributed by atoms with Crippen LogP contribution < -0.4 is 15.4 Å². The predicted molar refractivity (Wildman–Crippen MR) is 166 cm³/mol. The van der Waals surface area contributed by atoms with E-state index in [2.05, 4.69) is 20.6 Å². The fraction of sp³-hybridized carbons (Fsp3) is 0.265. The van der Waals surface area contributed by atoms with Crippen molar-refractivity contribution in [3.05, 3.63) is 108 Å². The standard InChI is InChI=1S/C34H36N4O6/c1-23-17-26(15-16-35-23)27-19-29(32(36-20-27)42-22-30(39)44-34(2,3)4)37-31(40)28(18-24-11-7-5-8-12-24)38-33(41)43-21-25-13-9-6-10-14-25/h5-17,19-20,28H,18,21-22H2,1-4H3,(H,37,40)(H,38,41)/t28-/m0/s1. The van der Waals surface area contributed by atoms with Gasteiger partial charge in [-0.25, -0.2) is 14.6 Å². The molecule has 10 heteroatoms. The maximum Gasteiger partial charge on any atom is 0.408 e. The van der Waals surface area contributed by atoms with E-state index in [1.807, 2.05) is 79.7 Å². The largest absolute Gasteiger partial charge is 0.464 e. The molecule has 0 bridgehead atoms. The number of aryl methyl sites for hydroxylation is 1. The number of nitrogens with zero attached hydrogens (tertiary/aromatic N) is 2. The van der Waals surface area contributed by atoms with Crippen molar-refractivity contribution < 1.29 is 28.6 Å². The van der Waals surface area contributed by atoms with Gasteiger partial charge in [-0.05, 0) is 62.6 Å². The molecule has 0 unspecified atom stereocenters. The zero-order chi connectivity index (χ0) is 31.5. The average Bonchev–Trinajstić information content (AvgIpc) is 2.99. The molecule has 44 heavy (non-hydrogen) atoms. The molecule has 0 saturated carbocycles. The minimum atomic E-state index is -1.01. The second kappa shape index (κ2) is 14.8. The Morgan fingerprint density at radius 2 is 1.55 bits per heavy atom. The van der Waals surface area contributed by atoms with Gasteiger partial charge in [-0.15, -0.1) is 0 Å². The monoisotopic (exact) mass is 596 g/mol. The number of benzene rings is 2. The number of hydrogen-bond acceptors (Lipinski definition) is 8. The van der Waals surface area contributed by atoms with Crippen LogP contribution in [0.1, 0.15) is 37.6 Å². The van der Waals surface area contributed by atoms with Crippen LogP contribution in [0.15, 0.2) is 91.3 Å². The lowest BCUT2D eigenvalue weighted by Gasteiger charge is -2.21. The maximum absolute atomic E-state index is 13.7. The van der Waals surface area contributed by atoms with Crippen LogP contribution in [-0.4, -0.2) is 46.2 Å². The number of alkyl carbamates (subject to hydrolysis) is 1. The van der Waals surface area contributed by atoms with Crippen LogP contribution in [0.4, 0.5) is 10.5 Å². The normalized spacial score (nSPS) is 11.6. The van der Waals surface area contributed by atoms with E-state index in [4.69, 9.17) is 14.2 Å². The summed E-state index contributed by atoms with van der Waals surface area (Å²) in [5.74, 6) is -1.10. The minimum absolute atomic E-state index is 0.0175. The second-order valence-electron chi connectivity index (χ2n) is 11.1. The molecule has 2 aromatic heterocycles. The summed E-state index contributed by atoms with van der Waals surface area (Å²) in [6, 6.07) is 22.9. The van der Waals surface area contributed by atoms with Gasteiger partial charge in [0, 0.05) is 30.1 Å². The molecule has 1 atom stereocenters. The number of amides is 2. The molecule has 2 aromatic carbocycles. The number of pyridine rings is 2. The highest BCUT2D eigenvalue weighted by atomic mass is 16.6. The van der Waals surface area contributed by atoms with Crippen LogP contribution in [0, 0.1) is 6.92 Å². The summed E-state index contributed by atoms with van der Waals surface area (Å²) in [6.45, 7) is 6.76. The van der Waals surface area contributed by atoms with Crippen molar-refractivity contribution in [2.24, 2.45) is 0 Å². The Labute approximate surface area is 256 Å². The van der Waals surface area contributed by atoms with E-state index in [0.29, 0.717) is 5.56 Å². The van der Waals surface area contributed by atoms with Crippen molar-refractivity contribution in [3.8, 4) is 17.0 Å². The fourth-order valence-electron chi connectivity index (χ4n) is 4.22. The number of ether oxygens (including phenoxy) is 3. The molecule has 10 nitrogen and oxygen atoms in total. The second-order valence-corrected chi connectivity index (χ2v) is 11.1. The Morgan fingerprint density at radius 1 is 0.864 bits per heavy atom. The first-order valence-electron chi connectivity index (χ1n) is 14.2.